The molecule has 0 spiro atoms. The molecular weight excluding hydrogens is 512 g/mol. The van der Waals surface area contributed by atoms with Crippen molar-refractivity contribution in [2.75, 3.05) is 19.7 Å². The molecule has 3 rings (SSSR count). The molecule has 2 aromatic rings. The molecule has 0 aliphatic carbocycles. The smallest absolute Gasteiger partial charge is 0.374 e. The van der Waals surface area contributed by atoms with E-state index in [-0.39, 0.29) is 36.9 Å². The van der Waals surface area contributed by atoms with Crippen LogP contribution in [0.5, 0.6) is 0 Å². The molecule has 38 heavy (non-hydrogen) atoms. The number of urea groups is 1. The molecule has 1 aliphatic heterocycles. The molecule has 210 valence electrons. The van der Waals surface area contributed by atoms with Crippen molar-refractivity contribution in [1.29, 1.82) is 0 Å². The van der Waals surface area contributed by atoms with Gasteiger partial charge in [-0.15, -0.1) is 0 Å². The summed E-state index contributed by atoms with van der Waals surface area (Å²) in [5.74, 6) is 0. The van der Waals surface area contributed by atoms with E-state index in [1.807, 2.05) is 20.8 Å². The second-order valence-corrected chi connectivity index (χ2v) is 9.87. The van der Waals surface area contributed by atoms with Crippen LogP contribution in [0.25, 0.3) is 0 Å². The maximum Gasteiger partial charge on any atom is 0.416 e. The summed E-state index contributed by atoms with van der Waals surface area (Å²) in [6.45, 7) is 6.37. The van der Waals surface area contributed by atoms with E-state index in [4.69, 9.17) is 4.74 Å². The van der Waals surface area contributed by atoms with Gasteiger partial charge in [0.05, 0.1) is 30.9 Å². The van der Waals surface area contributed by atoms with Crippen LogP contribution in [-0.4, -0.2) is 42.7 Å². The summed E-state index contributed by atoms with van der Waals surface area (Å²) in [6, 6.07) is 10.3. The summed E-state index contributed by atoms with van der Waals surface area (Å²) >= 11 is 0. The highest BCUT2D eigenvalue weighted by Gasteiger charge is 2.46. The zero-order valence-corrected chi connectivity index (χ0v) is 21.5. The van der Waals surface area contributed by atoms with Gasteiger partial charge in [0.25, 0.3) is 0 Å². The zero-order chi connectivity index (χ0) is 28.1. The first-order chi connectivity index (χ1) is 17.7. The van der Waals surface area contributed by atoms with E-state index in [0.29, 0.717) is 31.1 Å². The largest absolute Gasteiger partial charge is 0.416 e. The molecular formula is C27H33F6N3O2. The van der Waals surface area contributed by atoms with Gasteiger partial charge in [0, 0.05) is 12.1 Å². The van der Waals surface area contributed by atoms with Crippen LogP contribution < -0.4 is 10.6 Å². The molecule has 0 aromatic heterocycles. The average molecular weight is 546 g/mol. The second kappa shape index (κ2) is 11.9. The molecule has 5 nitrogen and oxygen atoms in total. The van der Waals surface area contributed by atoms with E-state index in [1.54, 1.807) is 35.2 Å². The van der Waals surface area contributed by atoms with Crippen molar-refractivity contribution in [3.8, 4) is 0 Å². The van der Waals surface area contributed by atoms with Gasteiger partial charge < -0.3 is 20.3 Å². The van der Waals surface area contributed by atoms with E-state index in [9.17, 15) is 31.1 Å². The molecule has 0 saturated carbocycles. The van der Waals surface area contributed by atoms with Crippen molar-refractivity contribution in [2.45, 2.75) is 70.2 Å². The number of carbonyl (C=O) groups excluding carboxylic acids is 1. The maximum absolute atomic E-state index is 13.2. The van der Waals surface area contributed by atoms with Gasteiger partial charge in [0.2, 0.25) is 0 Å². The third-order valence-electron chi connectivity index (χ3n) is 6.58. The fraction of sp³-hybridized carbons (Fsp3) is 0.519. The second-order valence-electron chi connectivity index (χ2n) is 9.87. The fourth-order valence-electron chi connectivity index (χ4n) is 4.62. The van der Waals surface area contributed by atoms with Crippen LogP contribution in [0.1, 0.15) is 55.9 Å². The number of hydrogen-bond acceptors (Lipinski definition) is 3. The molecule has 2 aromatic carbocycles. The fourth-order valence-corrected chi connectivity index (χ4v) is 4.62. The van der Waals surface area contributed by atoms with Gasteiger partial charge in [0.15, 0.2) is 0 Å². The van der Waals surface area contributed by atoms with E-state index >= 15 is 0 Å². The summed E-state index contributed by atoms with van der Waals surface area (Å²) in [6.07, 6.45) is -8.46. The Kier molecular flexibility index (Phi) is 9.35. The number of ether oxygens (including phenoxy) is 1. The van der Waals surface area contributed by atoms with Crippen molar-refractivity contribution >= 4 is 6.03 Å². The predicted molar refractivity (Wildman–Crippen MR) is 131 cm³/mol. The quantitative estimate of drug-likeness (QED) is 0.325. The molecule has 1 fully saturated rings. The highest BCUT2D eigenvalue weighted by atomic mass is 19.4. The van der Waals surface area contributed by atoms with Crippen molar-refractivity contribution in [3.05, 3.63) is 70.8 Å². The van der Waals surface area contributed by atoms with Gasteiger partial charge in [-0.2, -0.15) is 26.3 Å². The minimum absolute atomic E-state index is 0.0651. The van der Waals surface area contributed by atoms with E-state index in [0.717, 1.165) is 12.0 Å². The van der Waals surface area contributed by atoms with Gasteiger partial charge in [-0.05, 0) is 48.7 Å². The van der Waals surface area contributed by atoms with Crippen LogP contribution in [0.3, 0.4) is 0 Å². The number of rotatable bonds is 11. The lowest BCUT2D eigenvalue weighted by Crippen LogP contribution is -2.45. The minimum Gasteiger partial charge on any atom is -0.374 e. The Bertz CT molecular complexity index is 1040. The number of hydrogen-bond donors (Lipinski definition) is 2. The van der Waals surface area contributed by atoms with Crippen molar-refractivity contribution in [1.82, 2.24) is 15.5 Å². The first kappa shape index (κ1) is 29.8. The van der Waals surface area contributed by atoms with Crippen LogP contribution in [0.15, 0.2) is 48.5 Å². The Balaban J connectivity index is 1.82. The van der Waals surface area contributed by atoms with Crippen LogP contribution in [0, 0.1) is 0 Å². The molecule has 1 aliphatic rings. The SMILES string of the molecule is CCC(CCNC(C)C)N1CC(COCc2cc(C(F)(F)F)cc(C(F)(F)F)c2)(c2ccccc2)NC1=O. The van der Waals surface area contributed by atoms with Crippen LogP contribution >= 0.6 is 0 Å². The predicted octanol–water partition coefficient (Wildman–Crippen LogP) is 6.33. The van der Waals surface area contributed by atoms with Crippen molar-refractivity contribution in [2.24, 2.45) is 0 Å². The van der Waals surface area contributed by atoms with Gasteiger partial charge in [-0.1, -0.05) is 51.1 Å². The lowest BCUT2D eigenvalue weighted by Gasteiger charge is -2.31. The van der Waals surface area contributed by atoms with Crippen molar-refractivity contribution in [3.63, 3.8) is 0 Å². The summed E-state index contributed by atoms with van der Waals surface area (Å²) in [4.78, 5) is 14.8. The number of halogens is 6. The van der Waals surface area contributed by atoms with Crippen molar-refractivity contribution < 1.29 is 35.9 Å². The monoisotopic (exact) mass is 545 g/mol. The molecule has 0 radical (unpaired) electrons. The topological polar surface area (TPSA) is 53.6 Å². The molecule has 2 atom stereocenters. The zero-order valence-electron chi connectivity index (χ0n) is 21.5. The number of benzene rings is 2. The first-order valence-electron chi connectivity index (χ1n) is 12.5. The highest BCUT2D eigenvalue weighted by molar-refractivity contribution is 5.79. The minimum atomic E-state index is -4.94. The number of nitrogens with zero attached hydrogens (tertiary/aromatic N) is 1. The number of amides is 2. The Labute approximate surface area is 218 Å². The van der Waals surface area contributed by atoms with E-state index < -0.39 is 35.6 Å². The Morgan fingerprint density at radius 1 is 1.03 bits per heavy atom. The highest BCUT2D eigenvalue weighted by Crippen LogP contribution is 2.37. The van der Waals surface area contributed by atoms with Gasteiger partial charge in [-0.25, -0.2) is 4.79 Å². The van der Waals surface area contributed by atoms with Crippen LogP contribution in [-0.2, 0) is 29.2 Å². The van der Waals surface area contributed by atoms with Gasteiger partial charge >= 0.3 is 18.4 Å². The standard InChI is InChI=1S/C27H33F6N3O2/c1-4-23(10-11-34-18(2)3)36-16-25(35-24(36)37,20-8-6-5-7-9-20)17-38-15-19-12-21(26(28,29)30)14-22(13-19)27(31,32)33/h5-9,12-14,18,23,34H,4,10-11,15-17H2,1-3H3,(H,35,37). The van der Waals surface area contributed by atoms with Crippen LogP contribution in [0.2, 0.25) is 0 Å². The molecule has 2 unspecified atom stereocenters. The molecule has 11 heteroatoms. The lowest BCUT2D eigenvalue weighted by molar-refractivity contribution is -0.143. The molecule has 1 heterocycles. The number of carbonyl (C=O) groups is 1. The Morgan fingerprint density at radius 3 is 2.16 bits per heavy atom. The van der Waals surface area contributed by atoms with Crippen LogP contribution in [0.4, 0.5) is 31.1 Å². The van der Waals surface area contributed by atoms with E-state index in [1.165, 1.54) is 0 Å². The third kappa shape index (κ3) is 7.41. The number of alkyl halides is 6. The average Bonchev–Trinajstić information content (AvgIpc) is 3.18. The van der Waals surface area contributed by atoms with E-state index in [2.05, 4.69) is 10.6 Å². The normalized spacial score (nSPS) is 19.2. The number of nitrogens with one attached hydrogen (secondary N) is 2. The summed E-state index contributed by atoms with van der Waals surface area (Å²) in [5, 5.41) is 6.33. The Hall–Kier alpha value is -2.79. The maximum atomic E-state index is 13.2. The third-order valence-corrected chi connectivity index (χ3v) is 6.58. The Morgan fingerprint density at radius 2 is 1.63 bits per heavy atom. The molecule has 1 saturated heterocycles. The van der Waals surface area contributed by atoms with Gasteiger partial charge in [-0.3, -0.25) is 0 Å². The molecule has 0 bridgehead atoms. The molecule has 2 N–H and O–H groups in total. The molecule has 2 amide bonds. The first-order valence-corrected chi connectivity index (χ1v) is 12.5. The lowest BCUT2D eigenvalue weighted by atomic mass is 9.91. The summed E-state index contributed by atoms with van der Waals surface area (Å²) in [7, 11) is 0. The summed E-state index contributed by atoms with van der Waals surface area (Å²) in [5.41, 5.74) is -3.35. The van der Waals surface area contributed by atoms with Gasteiger partial charge in [0.1, 0.15) is 5.54 Å². The summed E-state index contributed by atoms with van der Waals surface area (Å²) < 4.78 is 85.2.